The summed E-state index contributed by atoms with van der Waals surface area (Å²) in [5.74, 6) is 0.175. The molecule has 7 nitrogen and oxygen atoms in total. The van der Waals surface area contributed by atoms with Crippen LogP contribution in [0.3, 0.4) is 0 Å². The highest BCUT2D eigenvalue weighted by Gasteiger charge is 2.38. The molecule has 3 aromatic rings. The standard InChI is InChI=1S/C27H28NO6P/c1-6-22-15-13-14-20-25(22)28(26(29)31-27(3,4)5)21(2)32-35(30,33-23-16-9-7-10-17-23)34-24-18-11-8-12-19-24/h6-20H,1-2H2,3-5H3. The molecule has 0 aromatic heterocycles. The van der Waals surface area contributed by atoms with Crippen LogP contribution in [0.25, 0.3) is 6.08 Å². The van der Waals surface area contributed by atoms with Gasteiger partial charge in [-0.1, -0.05) is 67.3 Å². The zero-order chi connectivity index (χ0) is 25.5. The number of rotatable bonds is 9. The van der Waals surface area contributed by atoms with Crippen LogP contribution in [0, 0.1) is 0 Å². The molecule has 0 radical (unpaired) electrons. The Bertz CT molecular complexity index is 1180. The number of phosphoric acid groups is 1. The van der Waals surface area contributed by atoms with Gasteiger partial charge in [0, 0.05) is 0 Å². The average molecular weight is 493 g/mol. The highest BCUT2D eigenvalue weighted by atomic mass is 31.2. The molecule has 182 valence electrons. The van der Waals surface area contributed by atoms with E-state index in [1.165, 1.54) is 0 Å². The Morgan fingerprint density at radius 3 is 1.83 bits per heavy atom. The second-order valence-electron chi connectivity index (χ2n) is 8.32. The predicted octanol–water partition coefficient (Wildman–Crippen LogP) is 7.83. The van der Waals surface area contributed by atoms with Crippen molar-refractivity contribution in [3.63, 3.8) is 0 Å². The molecule has 0 aliphatic rings. The molecule has 8 heteroatoms. The van der Waals surface area contributed by atoms with Gasteiger partial charge in [0.05, 0.1) is 5.69 Å². The maximum Gasteiger partial charge on any atom is 0.648 e. The number of hydrogen-bond donors (Lipinski definition) is 0. The average Bonchev–Trinajstić information content (AvgIpc) is 2.79. The Hall–Kier alpha value is -3.96. The Balaban J connectivity index is 2.00. The van der Waals surface area contributed by atoms with Crippen molar-refractivity contribution in [2.24, 2.45) is 0 Å². The zero-order valence-corrected chi connectivity index (χ0v) is 20.8. The van der Waals surface area contributed by atoms with E-state index in [1.54, 1.807) is 112 Å². The fourth-order valence-corrected chi connectivity index (χ4v) is 4.16. The van der Waals surface area contributed by atoms with E-state index < -0.39 is 19.5 Å². The van der Waals surface area contributed by atoms with Crippen LogP contribution in [0.15, 0.2) is 104 Å². The second-order valence-corrected chi connectivity index (χ2v) is 9.76. The molecule has 0 bridgehead atoms. The van der Waals surface area contributed by atoms with E-state index in [-0.39, 0.29) is 17.4 Å². The molecule has 0 aliphatic carbocycles. The minimum Gasteiger partial charge on any atom is -0.443 e. The summed E-state index contributed by atoms with van der Waals surface area (Å²) in [7, 11) is -4.38. The van der Waals surface area contributed by atoms with Gasteiger partial charge in [0.1, 0.15) is 17.1 Å². The van der Waals surface area contributed by atoms with Gasteiger partial charge in [0.25, 0.3) is 0 Å². The molecule has 0 unspecified atom stereocenters. The number of hydrogen-bond acceptors (Lipinski definition) is 6. The molecule has 1 amide bonds. The van der Waals surface area contributed by atoms with E-state index in [0.717, 1.165) is 4.90 Å². The number of carbonyl (C=O) groups is 1. The third kappa shape index (κ3) is 7.26. The molecular formula is C27H28NO6P. The van der Waals surface area contributed by atoms with Crippen LogP contribution in [0.1, 0.15) is 26.3 Å². The van der Waals surface area contributed by atoms with Gasteiger partial charge in [0.15, 0.2) is 0 Å². The van der Waals surface area contributed by atoms with Crippen molar-refractivity contribution >= 4 is 25.7 Å². The van der Waals surface area contributed by atoms with Crippen molar-refractivity contribution < 1.29 is 27.7 Å². The minimum atomic E-state index is -4.38. The lowest BCUT2D eigenvalue weighted by atomic mass is 10.1. The topological polar surface area (TPSA) is 74.3 Å². The first-order valence-corrected chi connectivity index (χ1v) is 12.3. The van der Waals surface area contributed by atoms with Gasteiger partial charge in [0.2, 0.25) is 5.88 Å². The zero-order valence-electron chi connectivity index (χ0n) is 19.9. The molecule has 3 aromatic carbocycles. The number of ether oxygens (including phenoxy) is 1. The Kier molecular flexibility index (Phi) is 8.05. The van der Waals surface area contributed by atoms with Gasteiger partial charge in [-0.25, -0.2) is 9.69 Å². The maximum atomic E-state index is 13.8. The fourth-order valence-electron chi connectivity index (χ4n) is 2.95. The van der Waals surface area contributed by atoms with Crippen LogP contribution in [0.5, 0.6) is 11.5 Å². The van der Waals surface area contributed by atoms with E-state index in [1.807, 2.05) is 0 Å². The summed E-state index contributed by atoms with van der Waals surface area (Å²) >= 11 is 0. The number of amides is 1. The van der Waals surface area contributed by atoms with Crippen molar-refractivity contribution in [1.29, 1.82) is 0 Å². The van der Waals surface area contributed by atoms with E-state index in [9.17, 15) is 9.36 Å². The monoisotopic (exact) mass is 493 g/mol. The number of anilines is 1. The molecule has 0 saturated heterocycles. The van der Waals surface area contributed by atoms with Gasteiger partial charge in [-0.15, -0.1) is 0 Å². The van der Waals surface area contributed by atoms with Gasteiger partial charge in [-0.2, -0.15) is 4.57 Å². The predicted molar refractivity (Wildman–Crippen MR) is 137 cm³/mol. The van der Waals surface area contributed by atoms with E-state index >= 15 is 0 Å². The SMILES string of the molecule is C=Cc1ccccc1N(C(=C)OP(=O)(Oc1ccccc1)Oc1ccccc1)C(=O)OC(C)(C)C. The number of phosphoric ester groups is 1. The number of nitrogens with zero attached hydrogens (tertiary/aromatic N) is 1. The lowest BCUT2D eigenvalue weighted by molar-refractivity contribution is 0.0576. The van der Waals surface area contributed by atoms with Crippen LogP contribution in [0.4, 0.5) is 10.5 Å². The quantitative estimate of drug-likeness (QED) is 0.223. The molecule has 0 spiro atoms. The number of para-hydroxylation sites is 3. The molecule has 0 heterocycles. The van der Waals surface area contributed by atoms with Crippen molar-refractivity contribution in [3.05, 3.63) is 110 Å². The third-order valence-electron chi connectivity index (χ3n) is 4.36. The highest BCUT2D eigenvalue weighted by molar-refractivity contribution is 7.49. The lowest BCUT2D eigenvalue weighted by Gasteiger charge is -2.30. The molecule has 0 fully saturated rings. The molecule has 0 atom stereocenters. The van der Waals surface area contributed by atoms with Crippen LogP contribution >= 0.6 is 7.82 Å². The summed E-state index contributed by atoms with van der Waals surface area (Å²) in [4.78, 5) is 14.3. The van der Waals surface area contributed by atoms with E-state index in [2.05, 4.69) is 13.2 Å². The molecule has 0 aliphatic heterocycles. The second kappa shape index (κ2) is 11.0. The van der Waals surface area contributed by atoms with Crippen LogP contribution < -0.4 is 13.9 Å². The van der Waals surface area contributed by atoms with Crippen molar-refractivity contribution in [1.82, 2.24) is 0 Å². The molecule has 0 saturated carbocycles. The Morgan fingerprint density at radius 2 is 1.34 bits per heavy atom. The number of benzene rings is 3. The summed E-state index contributed by atoms with van der Waals surface area (Å²) in [5.41, 5.74) is 0.155. The van der Waals surface area contributed by atoms with Gasteiger partial charge >= 0.3 is 13.9 Å². The van der Waals surface area contributed by atoms with E-state index in [0.29, 0.717) is 11.3 Å². The van der Waals surface area contributed by atoms with Gasteiger partial charge in [-0.3, -0.25) is 0 Å². The fraction of sp³-hybridized carbons (Fsp3) is 0.148. The normalized spacial score (nSPS) is 11.2. The van der Waals surface area contributed by atoms with E-state index in [4.69, 9.17) is 18.3 Å². The van der Waals surface area contributed by atoms with Crippen molar-refractivity contribution in [2.45, 2.75) is 26.4 Å². The molecule has 35 heavy (non-hydrogen) atoms. The molecule has 3 rings (SSSR count). The highest BCUT2D eigenvalue weighted by Crippen LogP contribution is 2.52. The minimum absolute atomic E-state index is 0.245. The van der Waals surface area contributed by atoms with Crippen molar-refractivity contribution in [3.8, 4) is 11.5 Å². The Labute approximate surface area is 205 Å². The number of carbonyl (C=O) groups excluding carboxylic acids is 1. The van der Waals surface area contributed by atoms with Gasteiger partial charge in [-0.05, 0) is 63.2 Å². The third-order valence-corrected chi connectivity index (χ3v) is 5.66. The van der Waals surface area contributed by atoms with Crippen LogP contribution in [0.2, 0.25) is 0 Å². The summed E-state index contributed by atoms with van der Waals surface area (Å²) < 4.78 is 36.4. The van der Waals surface area contributed by atoms with Crippen molar-refractivity contribution in [2.75, 3.05) is 4.90 Å². The maximum absolute atomic E-state index is 13.8. The van der Waals surface area contributed by atoms with Crippen LogP contribution in [-0.4, -0.2) is 11.7 Å². The largest absolute Gasteiger partial charge is 0.648 e. The summed E-state index contributed by atoms with van der Waals surface area (Å²) in [6, 6.07) is 23.8. The smallest absolute Gasteiger partial charge is 0.443 e. The van der Waals surface area contributed by atoms with Gasteiger partial charge < -0.3 is 18.3 Å². The van der Waals surface area contributed by atoms with Crippen LogP contribution in [-0.2, 0) is 13.8 Å². The first kappa shape index (κ1) is 25.7. The summed E-state index contributed by atoms with van der Waals surface area (Å²) in [5, 5.41) is 0. The summed E-state index contributed by atoms with van der Waals surface area (Å²) in [6.07, 6.45) is 0.781. The lowest BCUT2D eigenvalue weighted by Crippen LogP contribution is -2.37. The Morgan fingerprint density at radius 1 is 0.857 bits per heavy atom. The molecule has 0 N–H and O–H groups in total. The first-order valence-electron chi connectivity index (χ1n) is 10.8. The molecular weight excluding hydrogens is 465 g/mol. The first-order chi connectivity index (χ1) is 16.6. The summed E-state index contributed by atoms with van der Waals surface area (Å²) in [6.45, 7) is 12.9.